The number of pyridine rings is 1. The topological polar surface area (TPSA) is 59.0 Å². The van der Waals surface area contributed by atoms with Gasteiger partial charge in [0.1, 0.15) is 5.01 Å². The Balaban J connectivity index is 1.40. The summed E-state index contributed by atoms with van der Waals surface area (Å²) in [6.07, 6.45) is 10.8. The van der Waals surface area contributed by atoms with Crippen LogP contribution in [-0.4, -0.2) is 28.1 Å². The van der Waals surface area contributed by atoms with Crippen LogP contribution in [-0.2, 0) is 4.79 Å². The van der Waals surface area contributed by atoms with Crippen LogP contribution in [0.2, 0.25) is 0 Å². The molecule has 6 rings (SSSR count). The van der Waals surface area contributed by atoms with Gasteiger partial charge in [-0.05, 0) is 68.4 Å². The summed E-state index contributed by atoms with van der Waals surface area (Å²) in [5.41, 5.74) is 0.862. The third kappa shape index (κ3) is 2.49. The predicted molar refractivity (Wildman–Crippen MR) is 97.2 cm³/mol. The number of aromatic nitrogens is 3. The van der Waals surface area contributed by atoms with Crippen molar-refractivity contribution in [2.24, 2.45) is 23.2 Å². The summed E-state index contributed by atoms with van der Waals surface area (Å²) in [4.78, 5) is 19.2. The number of carbonyl (C=O) groups is 1. The molecule has 5 nitrogen and oxygen atoms in total. The molecule has 2 heterocycles. The molecule has 2 aromatic heterocycles. The van der Waals surface area contributed by atoms with E-state index < -0.39 is 0 Å². The van der Waals surface area contributed by atoms with Crippen LogP contribution in [0.25, 0.3) is 10.6 Å². The normalized spacial score (nSPS) is 32.8. The summed E-state index contributed by atoms with van der Waals surface area (Å²) in [5.74, 6) is 2.57. The number of hydrogen-bond donors (Lipinski definition) is 0. The first-order chi connectivity index (χ1) is 12.1. The van der Waals surface area contributed by atoms with Gasteiger partial charge in [0, 0.05) is 25.0 Å². The van der Waals surface area contributed by atoms with Crippen LogP contribution < -0.4 is 4.90 Å². The van der Waals surface area contributed by atoms with E-state index in [2.05, 4.69) is 15.2 Å². The van der Waals surface area contributed by atoms with Gasteiger partial charge < -0.3 is 0 Å². The predicted octanol–water partition coefficient (Wildman–Crippen LogP) is 3.78. The fourth-order valence-corrected chi connectivity index (χ4v) is 6.59. The fraction of sp³-hybridized carbons (Fsp3) is 0.579. The molecule has 1 amide bonds. The van der Waals surface area contributed by atoms with Crippen molar-refractivity contribution >= 4 is 22.4 Å². The molecular formula is C19H22N4OS. The lowest BCUT2D eigenvalue weighted by Gasteiger charge is -2.56. The zero-order chi connectivity index (χ0) is 17.0. The summed E-state index contributed by atoms with van der Waals surface area (Å²) in [6, 6.07) is 3.84. The van der Waals surface area contributed by atoms with Crippen molar-refractivity contribution in [3.8, 4) is 10.6 Å². The van der Waals surface area contributed by atoms with Crippen LogP contribution >= 0.6 is 11.3 Å². The van der Waals surface area contributed by atoms with Gasteiger partial charge in [-0.1, -0.05) is 11.3 Å². The smallest absolute Gasteiger partial charge is 0.234 e. The molecule has 0 N–H and O–H groups in total. The van der Waals surface area contributed by atoms with Gasteiger partial charge in [0.25, 0.3) is 0 Å². The van der Waals surface area contributed by atoms with E-state index in [9.17, 15) is 4.79 Å². The minimum Gasteiger partial charge on any atom is -0.289 e. The molecule has 0 saturated heterocycles. The van der Waals surface area contributed by atoms with E-state index in [0.29, 0.717) is 5.13 Å². The molecule has 4 aliphatic rings. The highest BCUT2D eigenvalue weighted by Crippen LogP contribution is 2.60. The van der Waals surface area contributed by atoms with Crippen molar-refractivity contribution in [1.82, 2.24) is 15.2 Å². The second-order valence-corrected chi connectivity index (χ2v) is 9.14. The Kier molecular flexibility index (Phi) is 3.45. The van der Waals surface area contributed by atoms with E-state index in [0.717, 1.165) is 47.6 Å². The Bertz CT molecular complexity index is 767. The number of rotatable bonds is 3. The molecule has 2 aromatic rings. The quantitative estimate of drug-likeness (QED) is 0.842. The number of nitrogens with zero attached hydrogens (tertiary/aromatic N) is 4. The number of hydrogen-bond acceptors (Lipinski definition) is 5. The standard InChI is InChI=1S/C19H22N4OS/c1-23(18-22-21-16(25-18)15-2-4-20-5-3-15)17(24)19-9-12-6-13(10-19)8-14(7-12)11-19/h2-5,12-14H,6-11H2,1H3. The second kappa shape index (κ2) is 5.59. The minimum atomic E-state index is -0.133. The van der Waals surface area contributed by atoms with E-state index in [1.807, 2.05) is 19.2 Å². The maximum Gasteiger partial charge on any atom is 0.234 e. The van der Waals surface area contributed by atoms with Gasteiger partial charge >= 0.3 is 0 Å². The number of amides is 1. The molecule has 6 heteroatoms. The summed E-state index contributed by atoms with van der Waals surface area (Å²) >= 11 is 1.48. The number of anilines is 1. The molecule has 0 spiro atoms. The third-order valence-electron chi connectivity index (χ3n) is 6.43. The third-order valence-corrected chi connectivity index (χ3v) is 7.47. The molecule has 4 bridgehead atoms. The highest BCUT2D eigenvalue weighted by Gasteiger charge is 2.55. The summed E-state index contributed by atoms with van der Waals surface area (Å²) in [5, 5.41) is 10.1. The first kappa shape index (κ1) is 15.4. The Labute approximate surface area is 151 Å². The van der Waals surface area contributed by atoms with Gasteiger partial charge in [-0.2, -0.15) is 0 Å². The number of carbonyl (C=O) groups excluding carboxylic acids is 1. The van der Waals surface area contributed by atoms with Crippen LogP contribution in [0, 0.1) is 23.2 Å². The molecular weight excluding hydrogens is 332 g/mol. The monoisotopic (exact) mass is 354 g/mol. The van der Waals surface area contributed by atoms with E-state index in [1.165, 1.54) is 30.6 Å². The zero-order valence-electron chi connectivity index (χ0n) is 14.4. The lowest BCUT2D eigenvalue weighted by molar-refractivity contribution is -0.143. The summed E-state index contributed by atoms with van der Waals surface area (Å²) < 4.78 is 0. The Morgan fingerprint density at radius 2 is 1.68 bits per heavy atom. The van der Waals surface area contributed by atoms with Crippen molar-refractivity contribution in [2.75, 3.05) is 11.9 Å². The Hall–Kier alpha value is -1.82. The fourth-order valence-electron chi connectivity index (χ4n) is 5.78. The van der Waals surface area contributed by atoms with Gasteiger partial charge in [-0.25, -0.2) is 0 Å². The van der Waals surface area contributed by atoms with E-state index in [-0.39, 0.29) is 11.3 Å². The SMILES string of the molecule is CN(C(=O)C12CC3CC(CC(C3)C1)C2)c1nnc(-c2ccncc2)s1. The summed E-state index contributed by atoms with van der Waals surface area (Å²) in [6.45, 7) is 0. The van der Waals surface area contributed by atoms with E-state index in [1.54, 1.807) is 17.3 Å². The van der Waals surface area contributed by atoms with Gasteiger partial charge in [0.05, 0.1) is 5.41 Å². The molecule has 0 aliphatic heterocycles. The average Bonchev–Trinajstić information content (AvgIpc) is 3.10. The molecule has 4 fully saturated rings. The largest absolute Gasteiger partial charge is 0.289 e. The maximum atomic E-state index is 13.4. The molecule has 4 saturated carbocycles. The van der Waals surface area contributed by atoms with Gasteiger partial charge in [0.15, 0.2) is 0 Å². The molecule has 0 aromatic carbocycles. The first-order valence-corrected chi connectivity index (χ1v) is 9.97. The van der Waals surface area contributed by atoms with Crippen LogP contribution in [0.1, 0.15) is 38.5 Å². The molecule has 0 unspecified atom stereocenters. The van der Waals surface area contributed by atoms with Crippen LogP contribution in [0.3, 0.4) is 0 Å². The highest BCUT2D eigenvalue weighted by molar-refractivity contribution is 7.18. The van der Waals surface area contributed by atoms with Gasteiger partial charge in [0.2, 0.25) is 11.0 Å². The summed E-state index contributed by atoms with van der Waals surface area (Å²) in [7, 11) is 1.87. The molecule has 25 heavy (non-hydrogen) atoms. The van der Waals surface area contributed by atoms with Crippen LogP contribution in [0.15, 0.2) is 24.5 Å². The average molecular weight is 354 g/mol. The molecule has 4 aliphatic carbocycles. The van der Waals surface area contributed by atoms with Crippen molar-refractivity contribution in [3.63, 3.8) is 0 Å². The Morgan fingerprint density at radius 3 is 2.28 bits per heavy atom. The molecule has 130 valence electrons. The first-order valence-electron chi connectivity index (χ1n) is 9.15. The maximum absolute atomic E-state index is 13.4. The lowest BCUT2D eigenvalue weighted by atomic mass is 9.49. The van der Waals surface area contributed by atoms with E-state index in [4.69, 9.17) is 0 Å². The van der Waals surface area contributed by atoms with Crippen molar-refractivity contribution in [3.05, 3.63) is 24.5 Å². The van der Waals surface area contributed by atoms with Crippen LogP contribution in [0.5, 0.6) is 0 Å². The van der Waals surface area contributed by atoms with E-state index >= 15 is 0 Å². The molecule has 0 atom stereocenters. The van der Waals surface area contributed by atoms with Crippen molar-refractivity contribution in [1.29, 1.82) is 0 Å². The zero-order valence-corrected chi connectivity index (χ0v) is 15.2. The molecule has 0 radical (unpaired) electrons. The Morgan fingerprint density at radius 1 is 1.08 bits per heavy atom. The lowest BCUT2D eigenvalue weighted by Crippen LogP contribution is -2.54. The van der Waals surface area contributed by atoms with Crippen LogP contribution in [0.4, 0.5) is 5.13 Å². The van der Waals surface area contributed by atoms with Gasteiger partial charge in [-0.3, -0.25) is 14.7 Å². The van der Waals surface area contributed by atoms with Gasteiger partial charge in [-0.15, -0.1) is 10.2 Å². The van der Waals surface area contributed by atoms with Crippen molar-refractivity contribution < 1.29 is 4.79 Å². The highest BCUT2D eigenvalue weighted by atomic mass is 32.1. The van der Waals surface area contributed by atoms with Crippen molar-refractivity contribution in [2.45, 2.75) is 38.5 Å². The second-order valence-electron chi connectivity index (χ2n) is 8.19. The minimum absolute atomic E-state index is 0.133.